The van der Waals surface area contributed by atoms with Gasteiger partial charge in [-0.25, -0.2) is 4.39 Å². The van der Waals surface area contributed by atoms with Gasteiger partial charge in [0.05, 0.1) is 0 Å². The van der Waals surface area contributed by atoms with Crippen molar-refractivity contribution in [2.75, 3.05) is 51.2 Å². The summed E-state index contributed by atoms with van der Waals surface area (Å²) < 4.78 is 13.1. The summed E-state index contributed by atoms with van der Waals surface area (Å²) in [7, 11) is 2.13. The SMILES string of the molecule is CN1CCN(c2ccc(C(=O)C3CCN(C(=O)c4ccc(C(=O)Cc5ccc(Cc6ccc(F)cc6)nc5)cn4)CC3)cc2)CC1. The predicted octanol–water partition coefficient (Wildman–Crippen LogP) is 5.12. The molecule has 1 amide bonds. The first-order chi connectivity index (χ1) is 22.3. The van der Waals surface area contributed by atoms with Gasteiger partial charge in [0.1, 0.15) is 11.5 Å². The lowest BCUT2D eigenvalue weighted by molar-refractivity contribution is 0.0645. The zero-order valence-corrected chi connectivity index (χ0v) is 26.1. The second-order valence-electron chi connectivity index (χ2n) is 12.3. The maximum absolute atomic E-state index is 13.2. The molecule has 2 aromatic heterocycles. The molecule has 2 saturated heterocycles. The highest BCUT2D eigenvalue weighted by Crippen LogP contribution is 2.25. The fourth-order valence-corrected chi connectivity index (χ4v) is 6.09. The standard InChI is InChI=1S/C37H38FN5O3/c1-41-18-20-42(21-19-41)33-11-5-28(6-12-33)36(45)29-14-16-43(17-15-29)37(46)34-13-7-30(25-40-34)35(44)23-27-4-10-32(39-24-27)22-26-2-8-31(38)9-3-26/h2-13,24-25,29H,14-23H2,1H3. The predicted molar refractivity (Wildman–Crippen MR) is 175 cm³/mol. The van der Waals surface area contributed by atoms with Crippen LogP contribution >= 0.6 is 0 Å². The van der Waals surface area contributed by atoms with Crippen molar-refractivity contribution in [2.45, 2.75) is 25.7 Å². The van der Waals surface area contributed by atoms with Crippen molar-refractivity contribution in [3.63, 3.8) is 0 Å². The highest BCUT2D eigenvalue weighted by atomic mass is 19.1. The van der Waals surface area contributed by atoms with E-state index in [1.54, 1.807) is 35.4 Å². The highest BCUT2D eigenvalue weighted by Gasteiger charge is 2.29. The van der Waals surface area contributed by atoms with Gasteiger partial charge in [0.15, 0.2) is 11.6 Å². The molecule has 2 fully saturated rings. The van der Waals surface area contributed by atoms with Gasteiger partial charge in [0.2, 0.25) is 0 Å². The third-order valence-corrected chi connectivity index (χ3v) is 9.03. The Bertz CT molecular complexity index is 1660. The number of nitrogens with zero attached hydrogens (tertiary/aromatic N) is 5. The average Bonchev–Trinajstić information content (AvgIpc) is 3.10. The number of halogens is 1. The van der Waals surface area contributed by atoms with E-state index in [0.29, 0.717) is 37.9 Å². The number of rotatable bonds is 9. The van der Waals surface area contributed by atoms with Gasteiger partial charge in [-0.2, -0.15) is 0 Å². The number of pyridine rings is 2. The van der Waals surface area contributed by atoms with Crippen LogP contribution in [0, 0.1) is 11.7 Å². The van der Waals surface area contributed by atoms with Crippen LogP contribution in [0.25, 0.3) is 0 Å². The molecule has 0 atom stereocenters. The van der Waals surface area contributed by atoms with Crippen LogP contribution in [-0.2, 0) is 12.8 Å². The van der Waals surface area contributed by atoms with E-state index in [1.807, 2.05) is 36.4 Å². The summed E-state index contributed by atoms with van der Waals surface area (Å²) in [4.78, 5) is 54.5. The molecular formula is C37H38FN5O3. The van der Waals surface area contributed by atoms with E-state index in [-0.39, 0.29) is 41.3 Å². The van der Waals surface area contributed by atoms with Crippen molar-refractivity contribution in [1.29, 1.82) is 0 Å². The minimum atomic E-state index is -0.274. The van der Waals surface area contributed by atoms with E-state index in [2.05, 4.69) is 26.8 Å². The summed E-state index contributed by atoms with van der Waals surface area (Å²) in [5.41, 5.74) is 5.14. The largest absolute Gasteiger partial charge is 0.369 e. The Kier molecular flexibility index (Phi) is 9.59. The lowest BCUT2D eigenvalue weighted by Crippen LogP contribution is -2.44. The molecule has 0 spiro atoms. The molecule has 8 nitrogen and oxygen atoms in total. The number of hydrogen-bond acceptors (Lipinski definition) is 7. The molecule has 6 rings (SSSR count). The second-order valence-corrected chi connectivity index (χ2v) is 12.3. The summed E-state index contributed by atoms with van der Waals surface area (Å²) in [6.07, 6.45) is 5.09. The first kappa shape index (κ1) is 31.2. The van der Waals surface area contributed by atoms with Gasteiger partial charge < -0.3 is 14.7 Å². The molecule has 0 bridgehead atoms. The van der Waals surface area contributed by atoms with Crippen LogP contribution in [0.15, 0.2) is 85.2 Å². The molecule has 4 aromatic rings. The smallest absolute Gasteiger partial charge is 0.272 e. The molecule has 0 radical (unpaired) electrons. The van der Waals surface area contributed by atoms with Crippen LogP contribution < -0.4 is 4.90 Å². The molecule has 4 heterocycles. The van der Waals surface area contributed by atoms with Crippen LogP contribution in [-0.4, -0.2) is 83.6 Å². The number of Topliss-reactive ketones (excluding diaryl/α,β-unsaturated/α-hetero) is 2. The Morgan fingerprint density at radius 1 is 0.739 bits per heavy atom. The summed E-state index contributed by atoms with van der Waals surface area (Å²) >= 11 is 0. The minimum Gasteiger partial charge on any atom is -0.369 e. The van der Waals surface area contributed by atoms with Gasteiger partial charge in [-0.3, -0.25) is 24.4 Å². The molecule has 46 heavy (non-hydrogen) atoms. The number of amides is 1. The molecule has 0 unspecified atom stereocenters. The normalized spacial score (nSPS) is 16.0. The quantitative estimate of drug-likeness (QED) is 0.241. The van der Waals surface area contributed by atoms with Gasteiger partial charge in [0, 0.05) is 92.9 Å². The molecular weight excluding hydrogens is 581 g/mol. The van der Waals surface area contributed by atoms with Crippen LogP contribution in [0.2, 0.25) is 0 Å². The van der Waals surface area contributed by atoms with Crippen molar-refractivity contribution in [3.8, 4) is 0 Å². The van der Waals surface area contributed by atoms with Crippen molar-refractivity contribution in [3.05, 3.63) is 125 Å². The van der Waals surface area contributed by atoms with Gasteiger partial charge >= 0.3 is 0 Å². The maximum Gasteiger partial charge on any atom is 0.272 e. The monoisotopic (exact) mass is 619 g/mol. The molecule has 236 valence electrons. The van der Waals surface area contributed by atoms with Gasteiger partial charge in [-0.05, 0) is 85.6 Å². The van der Waals surface area contributed by atoms with E-state index in [9.17, 15) is 18.8 Å². The topological polar surface area (TPSA) is 86.7 Å². The fourth-order valence-electron chi connectivity index (χ4n) is 6.09. The number of carbonyl (C=O) groups is 3. The summed E-state index contributed by atoms with van der Waals surface area (Å²) in [5, 5.41) is 0. The first-order valence-electron chi connectivity index (χ1n) is 15.9. The van der Waals surface area contributed by atoms with Crippen LogP contribution in [0.1, 0.15) is 60.9 Å². The molecule has 0 saturated carbocycles. The number of piperidine rings is 1. The Hall–Kier alpha value is -4.76. The Morgan fingerprint density at radius 2 is 1.41 bits per heavy atom. The van der Waals surface area contributed by atoms with Crippen molar-refractivity contribution in [2.24, 2.45) is 5.92 Å². The summed E-state index contributed by atoms with van der Waals surface area (Å²) in [6.45, 7) is 5.01. The Labute approximate surface area is 268 Å². The molecule has 0 N–H and O–H groups in total. The molecule has 2 aliphatic rings. The molecule has 2 aromatic carbocycles. The average molecular weight is 620 g/mol. The number of likely N-dealkylation sites (tertiary alicyclic amines) is 1. The highest BCUT2D eigenvalue weighted by molar-refractivity contribution is 5.99. The third-order valence-electron chi connectivity index (χ3n) is 9.03. The molecule has 2 aliphatic heterocycles. The third kappa shape index (κ3) is 7.54. The lowest BCUT2D eigenvalue weighted by atomic mass is 9.88. The van der Waals surface area contributed by atoms with E-state index >= 15 is 0 Å². The second kappa shape index (κ2) is 14.1. The van der Waals surface area contributed by atoms with E-state index < -0.39 is 0 Å². The van der Waals surface area contributed by atoms with E-state index in [4.69, 9.17) is 0 Å². The molecule has 9 heteroatoms. The summed E-state index contributed by atoms with van der Waals surface area (Å²) in [5.74, 6) is -0.559. The molecule has 0 aliphatic carbocycles. The van der Waals surface area contributed by atoms with E-state index in [0.717, 1.165) is 54.3 Å². The minimum absolute atomic E-state index is 0.113. The zero-order valence-electron chi connectivity index (χ0n) is 26.1. The number of likely N-dealkylation sites (N-methyl/N-ethyl adjacent to an activating group) is 1. The maximum atomic E-state index is 13.2. The number of aromatic nitrogens is 2. The van der Waals surface area contributed by atoms with Crippen molar-refractivity contribution in [1.82, 2.24) is 19.8 Å². The number of hydrogen-bond donors (Lipinski definition) is 0. The first-order valence-corrected chi connectivity index (χ1v) is 15.9. The van der Waals surface area contributed by atoms with Crippen molar-refractivity contribution < 1.29 is 18.8 Å². The van der Waals surface area contributed by atoms with Crippen LogP contribution in [0.3, 0.4) is 0 Å². The zero-order chi connectivity index (χ0) is 32.0. The van der Waals surface area contributed by atoms with Crippen molar-refractivity contribution >= 4 is 23.2 Å². The number of piperazine rings is 1. The number of anilines is 1. The van der Waals surface area contributed by atoms with Crippen LogP contribution in [0.5, 0.6) is 0 Å². The van der Waals surface area contributed by atoms with Gasteiger partial charge in [0.25, 0.3) is 5.91 Å². The Morgan fingerprint density at radius 3 is 2.04 bits per heavy atom. The summed E-state index contributed by atoms with van der Waals surface area (Å²) in [6, 6.07) is 21.2. The fraction of sp³-hybridized carbons (Fsp3) is 0.324. The number of benzene rings is 2. The number of carbonyl (C=O) groups excluding carboxylic acids is 3. The van der Waals surface area contributed by atoms with Gasteiger partial charge in [-0.15, -0.1) is 0 Å². The van der Waals surface area contributed by atoms with Gasteiger partial charge in [-0.1, -0.05) is 18.2 Å². The Balaban J connectivity index is 0.975. The lowest BCUT2D eigenvalue weighted by Gasteiger charge is -2.34. The number of ketones is 2. The van der Waals surface area contributed by atoms with E-state index in [1.165, 1.54) is 18.3 Å². The van der Waals surface area contributed by atoms with Crippen LogP contribution in [0.4, 0.5) is 10.1 Å².